The van der Waals surface area contributed by atoms with Crippen molar-refractivity contribution >= 4 is 11.7 Å². The number of fused-ring (bicyclic) bond motifs is 1. The second-order valence-electron chi connectivity index (χ2n) is 8.28. The van der Waals surface area contributed by atoms with Crippen molar-refractivity contribution in [3.63, 3.8) is 0 Å². The summed E-state index contributed by atoms with van der Waals surface area (Å²) in [6.07, 6.45) is 2.65. The summed E-state index contributed by atoms with van der Waals surface area (Å²) >= 11 is 0. The lowest BCUT2D eigenvalue weighted by atomic mass is 9.79. The Morgan fingerprint density at radius 3 is 2.65 bits per heavy atom. The number of allylic oxidation sites excluding steroid dienone is 1. The lowest BCUT2D eigenvalue weighted by molar-refractivity contribution is -0.139. The lowest BCUT2D eigenvalue weighted by Gasteiger charge is -2.32. The first kappa shape index (κ1) is 24.6. The van der Waals surface area contributed by atoms with Gasteiger partial charge in [-0.3, -0.25) is 4.79 Å². The number of anilines is 1. The Kier molecular flexibility index (Phi) is 7.43. The second-order valence-corrected chi connectivity index (χ2v) is 8.28. The molecule has 1 aliphatic heterocycles. The first-order valence-corrected chi connectivity index (χ1v) is 11.1. The molecule has 2 heterocycles. The summed E-state index contributed by atoms with van der Waals surface area (Å²) in [6.45, 7) is 7.60. The standard InChI is InChI=1S/C26H28N4O4/c1-6-16(3)30-14-15(2)24-23(25(30)31)22(19-9-8-18(13-28)12-20(19)33-5)21(17(4)29-24)26(32)34-11-7-10-27/h8-9,12,14,16,22,29H,6-7,11H2,1-5H3. The quantitative estimate of drug-likeness (QED) is 0.484. The number of aromatic nitrogens is 1. The Morgan fingerprint density at radius 1 is 1.29 bits per heavy atom. The number of pyridine rings is 1. The van der Waals surface area contributed by atoms with Crippen molar-refractivity contribution in [2.45, 2.75) is 52.5 Å². The fourth-order valence-corrected chi connectivity index (χ4v) is 4.23. The number of hydrogen-bond acceptors (Lipinski definition) is 7. The van der Waals surface area contributed by atoms with Gasteiger partial charge in [0.25, 0.3) is 5.56 Å². The predicted molar refractivity (Wildman–Crippen MR) is 128 cm³/mol. The largest absolute Gasteiger partial charge is 0.496 e. The van der Waals surface area contributed by atoms with Crippen LogP contribution in [0, 0.1) is 29.6 Å². The molecule has 0 aliphatic carbocycles. The Labute approximate surface area is 199 Å². The molecular weight excluding hydrogens is 432 g/mol. The van der Waals surface area contributed by atoms with Crippen LogP contribution in [-0.4, -0.2) is 24.3 Å². The number of methoxy groups -OCH3 is 1. The van der Waals surface area contributed by atoms with E-state index in [4.69, 9.17) is 14.7 Å². The number of hydrogen-bond donors (Lipinski definition) is 1. The van der Waals surface area contributed by atoms with E-state index in [-0.39, 0.29) is 30.2 Å². The summed E-state index contributed by atoms with van der Waals surface area (Å²) < 4.78 is 12.7. The van der Waals surface area contributed by atoms with E-state index in [2.05, 4.69) is 11.4 Å². The third-order valence-electron chi connectivity index (χ3n) is 6.16. The average molecular weight is 461 g/mol. The molecule has 0 amide bonds. The van der Waals surface area contributed by atoms with Crippen LogP contribution in [0.2, 0.25) is 0 Å². The SMILES string of the molecule is CCC(C)n1cc(C)c2c(c1=O)C(c1ccc(C#N)cc1OC)C(C(=O)OCCC#N)=C(C)N2. The molecule has 0 saturated carbocycles. The maximum Gasteiger partial charge on any atom is 0.336 e. The highest BCUT2D eigenvalue weighted by molar-refractivity contribution is 5.95. The minimum absolute atomic E-state index is 0.0435. The lowest BCUT2D eigenvalue weighted by Crippen LogP contribution is -2.35. The van der Waals surface area contributed by atoms with Crippen LogP contribution in [0.4, 0.5) is 5.69 Å². The number of nitrogens with zero attached hydrogens (tertiary/aromatic N) is 3. The van der Waals surface area contributed by atoms with Crippen LogP contribution in [0.5, 0.6) is 5.75 Å². The van der Waals surface area contributed by atoms with Crippen molar-refractivity contribution < 1.29 is 14.3 Å². The second kappa shape index (κ2) is 10.3. The maximum atomic E-state index is 13.8. The molecule has 3 rings (SSSR count). The number of esters is 1. The predicted octanol–water partition coefficient (Wildman–Crippen LogP) is 4.30. The van der Waals surface area contributed by atoms with Gasteiger partial charge >= 0.3 is 5.97 Å². The Bertz CT molecular complexity index is 1290. The fourth-order valence-electron chi connectivity index (χ4n) is 4.23. The fraction of sp³-hybridized carbons (Fsp3) is 0.385. The number of aryl methyl sites for hydroxylation is 1. The number of nitriles is 2. The summed E-state index contributed by atoms with van der Waals surface area (Å²) in [5, 5.41) is 21.4. The number of carbonyl (C=O) groups is 1. The van der Waals surface area contributed by atoms with E-state index >= 15 is 0 Å². The van der Waals surface area contributed by atoms with E-state index < -0.39 is 11.9 Å². The van der Waals surface area contributed by atoms with E-state index in [1.807, 2.05) is 33.0 Å². The molecule has 2 aromatic rings. The van der Waals surface area contributed by atoms with E-state index in [0.717, 1.165) is 12.0 Å². The summed E-state index contributed by atoms with van der Waals surface area (Å²) in [5.74, 6) is -1.00. The smallest absolute Gasteiger partial charge is 0.336 e. The normalized spacial score (nSPS) is 15.4. The summed E-state index contributed by atoms with van der Waals surface area (Å²) in [7, 11) is 1.48. The zero-order chi connectivity index (χ0) is 25.0. The minimum Gasteiger partial charge on any atom is -0.496 e. The van der Waals surface area contributed by atoms with Gasteiger partial charge in [0.15, 0.2) is 0 Å². The van der Waals surface area contributed by atoms with Gasteiger partial charge in [-0.05, 0) is 44.9 Å². The van der Waals surface area contributed by atoms with Crippen molar-refractivity contribution in [3.8, 4) is 17.9 Å². The number of benzene rings is 1. The zero-order valence-corrected chi connectivity index (χ0v) is 20.1. The van der Waals surface area contributed by atoms with Crippen molar-refractivity contribution in [3.05, 3.63) is 68.3 Å². The van der Waals surface area contributed by atoms with Gasteiger partial charge in [0.1, 0.15) is 12.4 Å². The molecule has 0 saturated heterocycles. The van der Waals surface area contributed by atoms with Gasteiger partial charge in [-0.1, -0.05) is 13.0 Å². The van der Waals surface area contributed by atoms with Gasteiger partial charge < -0.3 is 19.4 Å². The van der Waals surface area contributed by atoms with Gasteiger partial charge in [0.05, 0.1) is 54.0 Å². The number of carbonyl (C=O) groups excluding carboxylic acids is 1. The monoisotopic (exact) mass is 460 g/mol. The van der Waals surface area contributed by atoms with Gasteiger partial charge in [-0.15, -0.1) is 0 Å². The molecule has 0 bridgehead atoms. The molecule has 0 spiro atoms. The highest BCUT2D eigenvalue weighted by Gasteiger charge is 2.38. The molecule has 1 aliphatic rings. The van der Waals surface area contributed by atoms with Crippen molar-refractivity contribution in [1.29, 1.82) is 10.5 Å². The van der Waals surface area contributed by atoms with Crippen LogP contribution in [0.3, 0.4) is 0 Å². The summed E-state index contributed by atoms with van der Waals surface area (Å²) in [5.41, 5.74) is 3.51. The molecular formula is C26H28N4O4. The first-order chi connectivity index (χ1) is 16.3. The molecule has 8 heteroatoms. The van der Waals surface area contributed by atoms with Crippen LogP contribution in [0.1, 0.15) is 67.8 Å². The Morgan fingerprint density at radius 2 is 2.03 bits per heavy atom. The number of rotatable bonds is 7. The molecule has 0 radical (unpaired) electrons. The number of ether oxygens (including phenoxy) is 2. The summed E-state index contributed by atoms with van der Waals surface area (Å²) in [4.78, 5) is 27.1. The molecule has 8 nitrogen and oxygen atoms in total. The van der Waals surface area contributed by atoms with Gasteiger partial charge in [-0.2, -0.15) is 10.5 Å². The molecule has 1 aromatic carbocycles. The van der Waals surface area contributed by atoms with Crippen LogP contribution >= 0.6 is 0 Å². The summed E-state index contributed by atoms with van der Waals surface area (Å²) in [6, 6.07) is 8.94. The molecule has 34 heavy (non-hydrogen) atoms. The van der Waals surface area contributed by atoms with E-state index in [1.165, 1.54) is 7.11 Å². The topological polar surface area (TPSA) is 117 Å². The van der Waals surface area contributed by atoms with Crippen LogP contribution < -0.4 is 15.6 Å². The Hall–Kier alpha value is -4.04. The molecule has 176 valence electrons. The van der Waals surface area contributed by atoms with Crippen molar-refractivity contribution in [2.24, 2.45) is 0 Å². The van der Waals surface area contributed by atoms with E-state index in [0.29, 0.717) is 33.8 Å². The maximum absolute atomic E-state index is 13.8. The molecule has 1 aromatic heterocycles. The van der Waals surface area contributed by atoms with E-state index in [9.17, 15) is 14.9 Å². The highest BCUT2D eigenvalue weighted by atomic mass is 16.5. The molecule has 0 fully saturated rings. The van der Waals surface area contributed by atoms with Crippen LogP contribution in [0.25, 0.3) is 0 Å². The number of nitrogens with one attached hydrogen (secondary N) is 1. The zero-order valence-electron chi connectivity index (χ0n) is 20.1. The molecule has 2 atom stereocenters. The highest BCUT2D eigenvalue weighted by Crippen LogP contribution is 2.45. The molecule has 1 N–H and O–H groups in total. The van der Waals surface area contributed by atoms with Gasteiger partial charge in [-0.25, -0.2) is 4.79 Å². The van der Waals surface area contributed by atoms with Crippen LogP contribution in [0.15, 0.2) is 40.5 Å². The third kappa shape index (κ3) is 4.40. The first-order valence-electron chi connectivity index (χ1n) is 11.1. The minimum atomic E-state index is -0.781. The van der Waals surface area contributed by atoms with Crippen molar-refractivity contribution in [1.82, 2.24) is 4.57 Å². The Balaban J connectivity index is 2.34. The average Bonchev–Trinajstić information content (AvgIpc) is 2.84. The third-order valence-corrected chi connectivity index (χ3v) is 6.16. The van der Waals surface area contributed by atoms with Crippen molar-refractivity contribution in [2.75, 3.05) is 19.0 Å². The van der Waals surface area contributed by atoms with Crippen LogP contribution in [-0.2, 0) is 9.53 Å². The van der Waals surface area contributed by atoms with Gasteiger partial charge in [0.2, 0.25) is 0 Å². The van der Waals surface area contributed by atoms with E-state index in [1.54, 1.807) is 29.7 Å². The molecule has 2 unspecified atom stereocenters. The van der Waals surface area contributed by atoms with Gasteiger partial charge in [0, 0.05) is 23.5 Å².